The van der Waals surface area contributed by atoms with Gasteiger partial charge in [-0.2, -0.15) is 5.10 Å². The van der Waals surface area contributed by atoms with E-state index in [1.54, 1.807) is 0 Å². The molecule has 22 heavy (non-hydrogen) atoms. The number of benzene rings is 1. The standard InChI is InChI=1S/C16H19N5O/c1-3-13-16(17-10-22-13)19-15-11(2)20-21-14(18-15)9-12-7-5-4-6-8-12/h4-8,17H,3,9-10H2,1-2H3,(H,18,19,21). The Morgan fingerprint density at radius 3 is 2.82 bits per heavy atom. The highest BCUT2D eigenvalue weighted by molar-refractivity contribution is 5.45. The van der Waals surface area contributed by atoms with Gasteiger partial charge >= 0.3 is 0 Å². The van der Waals surface area contributed by atoms with Crippen LogP contribution in [0, 0.1) is 6.92 Å². The highest BCUT2D eigenvalue weighted by Gasteiger charge is 2.16. The molecule has 0 saturated heterocycles. The van der Waals surface area contributed by atoms with Gasteiger partial charge in [-0.25, -0.2) is 4.98 Å². The van der Waals surface area contributed by atoms with Gasteiger partial charge in [0.05, 0.1) is 0 Å². The number of aromatic nitrogens is 3. The molecule has 1 aliphatic rings. The van der Waals surface area contributed by atoms with Crippen LogP contribution in [0.25, 0.3) is 0 Å². The van der Waals surface area contributed by atoms with Crippen LogP contribution in [-0.2, 0) is 11.2 Å². The third kappa shape index (κ3) is 3.16. The molecular weight excluding hydrogens is 278 g/mol. The Morgan fingerprint density at radius 2 is 2.05 bits per heavy atom. The molecule has 2 aromatic rings. The molecule has 3 rings (SSSR count). The molecule has 2 N–H and O–H groups in total. The molecule has 0 bridgehead atoms. The number of rotatable bonds is 5. The van der Waals surface area contributed by atoms with E-state index in [9.17, 15) is 0 Å². The van der Waals surface area contributed by atoms with Gasteiger partial charge in [-0.3, -0.25) is 0 Å². The maximum Gasteiger partial charge on any atom is 0.159 e. The lowest BCUT2D eigenvalue weighted by molar-refractivity contribution is 0.225. The van der Waals surface area contributed by atoms with Crippen LogP contribution in [0.3, 0.4) is 0 Å². The number of hydrogen-bond acceptors (Lipinski definition) is 6. The van der Waals surface area contributed by atoms with E-state index < -0.39 is 0 Å². The molecule has 2 heterocycles. The number of nitrogens with one attached hydrogen (secondary N) is 2. The van der Waals surface area contributed by atoms with Crippen LogP contribution in [-0.4, -0.2) is 21.9 Å². The van der Waals surface area contributed by atoms with E-state index in [1.165, 1.54) is 0 Å². The van der Waals surface area contributed by atoms with Gasteiger partial charge in [0.25, 0.3) is 0 Å². The number of hydrogen-bond donors (Lipinski definition) is 2. The maximum atomic E-state index is 5.49. The average Bonchev–Trinajstić information content (AvgIpc) is 2.99. The van der Waals surface area contributed by atoms with Gasteiger partial charge in [-0.05, 0) is 12.5 Å². The molecular formula is C16H19N5O. The van der Waals surface area contributed by atoms with Crippen LogP contribution in [0.4, 0.5) is 5.82 Å². The molecule has 1 aromatic heterocycles. The molecule has 1 aliphatic heterocycles. The van der Waals surface area contributed by atoms with Crippen molar-refractivity contribution in [1.82, 2.24) is 20.5 Å². The monoisotopic (exact) mass is 297 g/mol. The molecule has 1 aromatic carbocycles. The van der Waals surface area contributed by atoms with E-state index in [0.29, 0.717) is 24.8 Å². The van der Waals surface area contributed by atoms with Crippen molar-refractivity contribution >= 4 is 5.82 Å². The fraction of sp³-hybridized carbons (Fsp3) is 0.312. The van der Waals surface area contributed by atoms with Crippen molar-refractivity contribution in [1.29, 1.82) is 0 Å². The molecule has 6 heteroatoms. The Labute approximate surface area is 129 Å². The summed E-state index contributed by atoms with van der Waals surface area (Å²) in [6.45, 7) is 4.42. The Morgan fingerprint density at radius 1 is 1.23 bits per heavy atom. The summed E-state index contributed by atoms with van der Waals surface area (Å²) in [5, 5.41) is 14.8. The SMILES string of the molecule is CCC1=C(Nc2nc(Cc3ccccc3)nnc2C)NCO1. The molecule has 0 unspecified atom stereocenters. The zero-order valence-corrected chi connectivity index (χ0v) is 12.8. The van der Waals surface area contributed by atoms with Crippen LogP contribution in [0.15, 0.2) is 41.9 Å². The summed E-state index contributed by atoms with van der Waals surface area (Å²) >= 11 is 0. The van der Waals surface area contributed by atoms with Crippen LogP contribution in [0.5, 0.6) is 0 Å². The topological polar surface area (TPSA) is 72.0 Å². The average molecular weight is 297 g/mol. The third-order valence-electron chi connectivity index (χ3n) is 3.44. The Kier molecular flexibility index (Phi) is 4.18. The van der Waals surface area contributed by atoms with Crippen molar-refractivity contribution in [2.24, 2.45) is 0 Å². The van der Waals surface area contributed by atoms with Gasteiger partial charge in [0.2, 0.25) is 0 Å². The predicted octanol–water partition coefficient (Wildman–Crippen LogP) is 2.34. The minimum Gasteiger partial charge on any atom is -0.474 e. The van der Waals surface area contributed by atoms with Gasteiger partial charge in [-0.15, -0.1) is 5.10 Å². The quantitative estimate of drug-likeness (QED) is 0.882. The molecule has 0 radical (unpaired) electrons. The first-order valence-electron chi connectivity index (χ1n) is 7.37. The number of allylic oxidation sites excluding steroid dienone is 1. The third-order valence-corrected chi connectivity index (χ3v) is 3.44. The summed E-state index contributed by atoms with van der Waals surface area (Å²) in [7, 11) is 0. The summed E-state index contributed by atoms with van der Waals surface area (Å²) in [4.78, 5) is 4.59. The summed E-state index contributed by atoms with van der Waals surface area (Å²) in [6, 6.07) is 10.1. The Balaban J connectivity index is 1.81. The highest BCUT2D eigenvalue weighted by atomic mass is 16.5. The lowest BCUT2D eigenvalue weighted by atomic mass is 10.1. The molecule has 0 spiro atoms. The summed E-state index contributed by atoms with van der Waals surface area (Å²) in [6.07, 6.45) is 1.48. The second kappa shape index (κ2) is 6.43. The van der Waals surface area contributed by atoms with E-state index in [4.69, 9.17) is 4.74 Å². The lowest BCUT2D eigenvalue weighted by Crippen LogP contribution is -2.18. The van der Waals surface area contributed by atoms with Crippen molar-refractivity contribution in [2.75, 3.05) is 12.0 Å². The highest BCUT2D eigenvalue weighted by Crippen LogP contribution is 2.18. The van der Waals surface area contributed by atoms with E-state index in [0.717, 1.165) is 29.3 Å². The fourth-order valence-corrected chi connectivity index (χ4v) is 2.26. The minimum atomic E-state index is 0.486. The van der Waals surface area contributed by atoms with E-state index in [2.05, 4.69) is 44.9 Å². The maximum absolute atomic E-state index is 5.49. The zero-order chi connectivity index (χ0) is 15.4. The second-order valence-corrected chi connectivity index (χ2v) is 5.07. The number of anilines is 1. The van der Waals surface area contributed by atoms with Gasteiger partial charge in [-0.1, -0.05) is 37.3 Å². The number of ether oxygens (including phenoxy) is 1. The molecule has 114 valence electrons. The van der Waals surface area contributed by atoms with E-state index >= 15 is 0 Å². The van der Waals surface area contributed by atoms with Crippen LogP contribution in [0.2, 0.25) is 0 Å². The molecule has 6 nitrogen and oxygen atoms in total. The predicted molar refractivity (Wildman–Crippen MR) is 83.8 cm³/mol. The lowest BCUT2D eigenvalue weighted by Gasteiger charge is -2.10. The normalized spacial score (nSPS) is 13.7. The molecule has 0 aliphatic carbocycles. The Hall–Kier alpha value is -2.63. The van der Waals surface area contributed by atoms with Gasteiger partial charge in [0.15, 0.2) is 18.4 Å². The van der Waals surface area contributed by atoms with Crippen molar-refractivity contribution in [3.63, 3.8) is 0 Å². The summed E-state index contributed by atoms with van der Waals surface area (Å²) < 4.78 is 5.49. The van der Waals surface area contributed by atoms with Crippen molar-refractivity contribution in [3.8, 4) is 0 Å². The van der Waals surface area contributed by atoms with Crippen molar-refractivity contribution in [2.45, 2.75) is 26.7 Å². The van der Waals surface area contributed by atoms with Crippen LogP contribution < -0.4 is 10.6 Å². The largest absolute Gasteiger partial charge is 0.474 e. The Bertz CT molecular complexity index is 684. The smallest absolute Gasteiger partial charge is 0.159 e. The second-order valence-electron chi connectivity index (χ2n) is 5.07. The zero-order valence-electron chi connectivity index (χ0n) is 12.8. The van der Waals surface area contributed by atoms with Crippen molar-refractivity contribution < 1.29 is 4.74 Å². The van der Waals surface area contributed by atoms with Gasteiger partial charge in [0, 0.05) is 12.8 Å². The number of aryl methyl sites for hydroxylation is 1. The first-order valence-corrected chi connectivity index (χ1v) is 7.37. The van der Waals surface area contributed by atoms with E-state index in [1.807, 2.05) is 25.1 Å². The summed E-state index contributed by atoms with van der Waals surface area (Å²) in [5.41, 5.74) is 1.92. The fourth-order valence-electron chi connectivity index (χ4n) is 2.26. The van der Waals surface area contributed by atoms with Crippen molar-refractivity contribution in [3.05, 3.63) is 59.0 Å². The minimum absolute atomic E-state index is 0.486. The van der Waals surface area contributed by atoms with Crippen LogP contribution in [0.1, 0.15) is 30.4 Å². The first-order chi connectivity index (χ1) is 10.8. The molecule has 0 amide bonds. The van der Waals surface area contributed by atoms with Gasteiger partial charge < -0.3 is 15.4 Å². The van der Waals surface area contributed by atoms with Crippen LogP contribution >= 0.6 is 0 Å². The molecule has 0 atom stereocenters. The number of nitrogens with zero attached hydrogens (tertiary/aromatic N) is 3. The first kappa shape index (κ1) is 14.3. The summed E-state index contributed by atoms with van der Waals surface area (Å²) in [5.74, 6) is 3.16. The van der Waals surface area contributed by atoms with E-state index in [-0.39, 0.29) is 0 Å². The van der Waals surface area contributed by atoms with Gasteiger partial charge in [0.1, 0.15) is 17.3 Å². The molecule has 0 fully saturated rings. The molecule has 0 saturated carbocycles.